The van der Waals surface area contributed by atoms with Gasteiger partial charge >= 0.3 is 66.1 Å². The first-order chi connectivity index (χ1) is 2.64. The van der Waals surface area contributed by atoms with Gasteiger partial charge in [-0.2, -0.15) is 0 Å². The van der Waals surface area contributed by atoms with E-state index in [1.54, 1.807) is 0 Å². The van der Waals surface area contributed by atoms with Crippen LogP contribution in [0.25, 0.3) is 0 Å². The van der Waals surface area contributed by atoms with E-state index in [0.717, 1.165) is 46.5 Å². The van der Waals surface area contributed by atoms with Gasteiger partial charge in [-0.3, -0.25) is 0 Å². The molecule has 0 N–H and O–H groups in total. The van der Waals surface area contributed by atoms with Crippen molar-refractivity contribution in [1.82, 2.24) is 0 Å². The topological polar surface area (TPSA) is 0 Å². The van der Waals surface area contributed by atoms with E-state index in [4.69, 9.17) is 0 Å². The molecule has 0 bridgehead atoms. The van der Waals surface area contributed by atoms with E-state index in [2.05, 4.69) is 0 Å². The number of rotatable bonds is 0. The molecular formula is C2HF3Xe. The maximum absolute atomic E-state index is 10.9. The van der Waals surface area contributed by atoms with Gasteiger partial charge in [0.15, 0.2) is 0 Å². The molecule has 0 amide bonds. The molecule has 0 aromatic heterocycles. The van der Waals surface area contributed by atoms with Crippen molar-refractivity contribution < 1.29 is 59.7 Å². The Hall–Kier alpha value is 1.10. The molecule has 0 spiro atoms. The summed E-state index contributed by atoms with van der Waals surface area (Å²) in [6.07, 6.45) is -2.25. The van der Waals surface area contributed by atoms with Crippen molar-refractivity contribution in [3.05, 3.63) is 6.38 Å². The second kappa shape index (κ2) is 3.15. The summed E-state index contributed by atoms with van der Waals surface area (Å²) in [4.78, 5) is 0. The van der Waals surface area contributed by atoms with Gasteiger partial charge in [0.2, 0.25) is 0 Å². The third-order valence-electron chi connectivity index (χ3n) is 0.143. The SMILES string of the molecule is FC(F)=C(F)[XeH]. The van der Waals surface area contributed by atoms with Crippen LogP contribution in [-0.4, -0.2) is 0 Å². The summed E-state index contributed by atoms with van der Waals surface area (Å²) in [6, 6.07) is 0. The summed E-state index contributed by atoms with van der Waals surface area (Å²) < 4.78 is 30.8. The molecule has 0 rings (SSSR count). The minimum atomic E-state index is -2.25. The Kier molecular flexibility index (Phi) is 3.73. The van der Waals surface area contributed by atoms with E-state index >= 15 is 0 Å². The van der Waals surface area contributed by atoms with Gasteiger partial charge in [-0.25, -0.2) is 0 Å². The Labute approximate surface area is 65.1 Å². The summed E-state index contributed by atoms with van der Waals surface area (Å²) in [5, 5.41) is 0. The van der Waals surface area contributed by atoms with Gasteiger partial charge in [0.05, 0.1) is 0 Å². The van der Waals surface area contributed by atoms with E-state index in [9.17, 15) is 13.2 Å². The fourth-order valence-corrected chi connectivity index (χ4v) is 0. The molecule has 0 saturated carbocycles. The first kappa shape index (κ1) is 7.10. The predicted octanol–water partition coefficient (Wildman–Crippen LogP) is 1.30. The van der Waals surface area contributed by atoms with Crippen LogP contribution in [0.1, 0.15) is 0 Å². The standard InChI is InChI=1S/C2HF3Xe/c3-1(4)2(5)6/h6H. The van der Waals surface area contributed by atoms with Crippen LogP contribution in [0.5, 0.6) is 0 Å². The van der Waals surface area contributed by atoms with Gasteiger partial charge in [-0.15, -0.1) is 0 Å². The molecule has 38 valence electrons. The van der Waals surface area contributed by atoms with Gasteiger partial charge in [0.25, 0.3) is 0 Å². The monoisotopic (exact) mass is 214 g/mol. The molecule has 0 nitrogen and oxygen atoms in total. The fourth-order valence-electron chi connectivity index (χ4n) is 0. The van der Waals surface area contributed by atoms with Crippen LogP contribution in [0.3, 0.4) is 0 Å². The molecule has 0 fully saturated rings. The van der Waals surface area contributed by atoms with Gasteiger partial charge in [-0.05, 0) is 0 Å². The molecule has 0 aromatic rings. The first-order valence-electron chi connectivity index (χ1n) is 1.01. The van der Waals surface area contributed by atoms with Crippen molar-refractivity contribution in [3.63, 3.8) is 0 Å². The molecular weight excluding hydrogens is 212 g/mol. The molecule has 0 radical (unpaired) electrons. The molecule has 0 aliphatic carbocycles. The molecule has 0 atom stereocenters. The van der Waals surface area contributed by atoms with Crippen molar-refractivity contribution in [3.8, 4) is 0 Å². The summed E-state index contributed by atoms with van der Waals surface area (Å²) in [7, 11) is 0. The summed E-state index contributed by atoms with van der Waals surface area (Å²) in [5.74, 6) is 0. The molecule has 0 aromatic carbocycles. The van der Waals surface area contributed by atoms with Crippen molar-refractivity contribution >= 4 is 0 Å². The van der Waals surface area contributed by atoms with E-state index < -0.39 is 6.38 Å². The Morgan fingerprint density at radius 1 is 1.17 bits per heavy atom. The zero-order valence-corrected chi connectivity index (χ0v) is 4.67. The van der Waals surface area contributed by atoms with Crippen molar-refractivity contribution in [1.29, 1.82) is 0 Å². The average Bonchev–Trinajstić information content (AvgIpc) is 1.36. The van der Waals surface area contributed by atoms with Crippen molar-refractivity contribution in [2.45, 2.75) is 0 Å². The van der Waals surface area contributed by atoms with Crippen LogP contribution in [-0.2, 0) is 0 Å². The van der Waals surface area contributed by atoms with Crippen molar-refractivity contribution in [2.75, 3.05) is 0 Å². The van der Waals surface area contributed by atoms with Gasteiger partial charge in [-0.1, -0.05) is 0 Å². The Bertz CT molecular complexity index is 58.9. The van der Waals surface area contributed by atoms with E-state index in [1.807, 2.05) is 0 Å². The number of hydrogen-bond donors (Lipinski definition) is 0. The van der Waals surface area contributed by atoms with Crippen LogP contribution >= 0.6 is 0 Å². The van der Waals surface area contributed by atoms with E-state index in [-0.39, 0.29) is 0 Å². The third kappa shape index (κ3) is 3.30. The summed E-state index contributed by atoms with van der Waals surface area (Å²) in [6.45, 7) is 0. The normalized spacial score (nSPS) is 8.17. The zero-order valence-electron chi connectivity index (χ0n) is 2.51. The van der Waals surface area contributed by atoms with Gasteiger partial charge in [0, 0.05) is 0 Å². The molecule has 0 aliphatic heterocycles. The minimum absolute atomic E-state index is 0.895. The van der Waals surface area contributed by atoms with Gasteiger partial charge in [0.1, 0.15) is 0 Å². The molecule has 0 heterocycles. The quantitative estimate of drug-likeness (QED) is 0.569. The molecule has 4 heteroatoms. The Balaban J connectivity index is 3.68. The average molecular weight is 213 g/mol. The van der Waals surface area contributed by atoms with Crippen molar-refractivity contribution in [2.24, 2.45) is 0 Å². The van der Waals surface area contributed by atoms with Crippen LogP contribution in [0.4, 0.5) is 13.2 Å². The predicted molar refractivity (Wildman–Crippen MR) is 11.7 cm³/mol. The first-order valence-corrected chi connectivity index (χ1v) is 2.08. The van der Waals surface area contributed by atoms with E-state index in [1.165, 1.54) is 0 Å². The Morgan fingerprint density at radius 3 is 1.33 bits per heavy atom. The zero-order chi connectivity index (χ0) is 5.15. The molecule has 6 heavy (non-hydrogen) atoms. The summed E-state index contributed by atoms with van der Waals surface area (Å²) >= 11 is 0.895. The number of halogens is 3. The van der Waals surface area contributed by atoms with Crippen LogP contribution in [0.15, 0.2) is 6.38 Å². The molecule has 0 aliphatic rings. The third-order valence-corrected chi connectivity index (χ3v) is 0.551. The van der Waals surface area contributed by atoms with E-state index in [0.29, 0.717) is 0 Å². The van der Waals surface area contributed by atoms with Crippen LogP contribution < -0.4 is 0 Å². The van der Waals surface area contributed by atoms with Crippen LogP contribution in [0, 0.1) is 46.5 Å². The van der Waals surface area contributed by atoms with Crippen LogP contribution in [0.2, 0.25) is 0 Å². The summed E-state index contributed by atoms with van der Waals surface area (Å²) in [5.41, 5.74) is 0. The fraction of sp³-hybridized carbons (Fsp3) is 0. The molecule has 0 saturated heterocycles. The maximum atomic E-state index is 10.9. The molecule has 0 unspecified atom stereocenters. The second-order valence-corrected chi connectivity index (χ2v) is 1.47. The second-order valence-electron chi connectivity index (χ2n) is 0.521. The number of hydrogen-bond acceptors (Lipinski definition) is 0. The van der Waals surface area contributed by atoms with Gasteiger partial charge < -0.3 is 0 Å². The Morgan fingerprint density at radius 2 is 1.33 bits per heavy atom.